The lowest BCUT2D eigenvalue weighted by atomic mass is 10.2. The number of carbonyl (C=O) groups is 2. The van der Waals surface area contributed by atoms with E-state index in [2.05, 4.69) is 21.3 Å². The van der Waals surface area contributed by atoms with Crippen molar-refractivity contribution in [2.75, 3.05) is 17.7 Å². The lowest BCUT2D eigenvalue weighted by Crippen LogP contribution is -2.56. The Morgan fingerprint density at radius 3 is 2.07 bits per heavy atom. The van der Waals surface area contributed by atoms with Crippen molar-refractivity contribution in [3.8, 4) is 5.75 Å². The molecule has 0 aliphatic rings. The summed E-state index contributed by atoms with van der Waals surface area (Å²) in [6.45, 7) is 1.42. The lowest BCUT2D eigenvalue weighted by Gasteiger charge is -2.28. The molecule has 0 radical (unpaired) electrons. The van der Waals surface area contributed by atoms with Gasteiger partial charge in [0.1, 0.15) is 11.9 Å². The Kier molecular flexibility index (Phi) is 8.54. The van der Waals surface area contributed by atoms with Gasteiger partial charge in [0.2, 0.25) is 9.70 Å². The number of para-hydroxylation sites is 1. The number of ether oxygens (including phenoxy) is 1. The van der Waals surface area contributed by atoms with Gasteiger partial charge in [-0.2, -0.15) is 0 Å². The molecule has 0 aliphatic carbocycles. The molecule has 0 aliphatic heterocycles. The largest absolute Gasteiger partial charge is 0.496 e. The van der Waals surface area contributed by atoms with E-state index in [-0.39, 0.29) is 16.6 Å². The highest BCUT2D eigenvalue weighted by molar-refractivity contribution is 7.80. The molecule has 30 heavy (non-hydrogen) atoms. The van der Waals surface area contributed by atoms with Crippen molar-refractivity contribution in [3.63, 3.8) is 0 Å². The van der Waals surface area contributed by atoms with Crippen molar-refractivity contribution in [1.29, 1.82) is 0 Å². The van der Waals surface area contributed by atoms with Crippen molar-refractivity contribution >= 4 is 75.3 Å². The van der Waals surface area contributed by atoms with E-state index >= 15 is 0 Å². The van der Waals surface area contributed by atoms with Gasteiger partial charge < -0.3 is 26.0 Å². The van der Waals surface area contributed by atoms with Gasteiger partial charge >= 0.3 is 0 Å². The summed E-state index contributed by atoms with van der Waals surface area (Å²) in [5.74, 6) is -0.319. The summed E-state index contributed by atoms with van der Waals surface area (Å²) in [4.78, 5) is 23.7. The second-order valence-electron chi connectivity index (χ2n) is 6.01. The molecule has 0 bridgehead atoms. The summed E-state index contributed by atoms with van der Waals surface area (Å²) in [5.41, 5.74) is 1.53. The molecule has 0 saturated carbocycles. The number of alkyl halides is 3. The van der Waals surface area contributed by atoms with Gasteiger partial charge in [-0.25, -0.2) is 0 Å². The maximum atomic E-state index is 12.6. The summed E-state index contributed by atoms with van der Waals surface area (Å²) < 4.78 is 3.28. The Labute approximate surface area is 194 Å². The van der Waals surface area contributed by atoms with E-state index in [1.165, 1.54) is 14.0 Å². The first-order chi connectivity index (χ1) is 14.1. The number of anilines is 2. The summed E-state index contributed by atoms with van der Waals surface area (Å²) in [6.07, 6.45) is -1.14. The fourth-order valence-corrected chi connectivity index (χ4v) is 2.94. The van der Waals surface area contributed by atoms with Crippen LogP contribution < -0.4 is 26.0 Å². The molecular weight excluding hydrogens is 471 g/mol. The third-order valence-corrected chi connectivity index (χ3v) is 4.57. The highest BCUT2D eigenvalue weighted by Gasteiger charge is 2.35. The zero-order valence-corrected chi connectivity index (χ0v) is 19.0. The van der Waals surface area contributed by atoms with Gasteiger partial charge in [-0.05, 0) is 48.6 Å². The van der Waals surface area contributed by atoms with E-state index in [9.17, 15) is 9.59 Å². The standard InChI is InChI=1S/C19H19Cl3N4O3S/c1-11(27)23-12-7-9-13(10-8-12)24-18(30)26-17(19(20,21)22)25-16(28)14-5-3-4-6-15(14)29-2/h3-10,17H,1-2H3,(H,23,27)(H,25,28)(H2,24,26,30)/t17-/m1/s1. The molecule has 7 nitrogen and oxygen atoms in total. The summed E-state index contributed by atoms with van der Waals surface area (Å²) >= 11 is 23.3. The monoisotopic (exact) mass is 488 g/mol. The van der Waals surface area contributed by atoms with Gasteiger partial charge in [-0.3, -0.25) is 9.59 Å². The Balaban J connectivity index is 2.06. The van der Waals surface area contributed by atoms with Gasteiger partial charge in [-0.1, -0.05) is 46.9 Å². The predicted octanol–water partition coefficient (Wildman–Crippen LogP) is 4.07. The second-order valence-corrected chi connectivity index (χ2v) is 8.78. The SMILES string of the molecule is COc1ccccc1C(=O)N[C@H](NC(=S)Nc1ccc(NC(C)=O)cc1)C(Cl)(Cl)Cl. The number of benzene rings is 2. The topological polar surface area (TPSA) is 91.5 Å². The van der Waals surface area contributed by atoms with Crippen molar-refractivity contribution in [2.45, 2.75) is 16.9 Å². The first-order valence-corrected chi connectivity index (χ1v) is 10.1. The molecule has 4 N–H and O–H groups in total. The molecule has 11 heteroatoms. The van der Waals surface area contributed by atoms with Crippen LogP contribution in [0.2, 0.25) is 0 Å². The van der Waals surface area contributed by atoms with Crippen LogP contribution in [0.4, 0.5) is 11.4 Å². The van der Waals surface area contributed by atoms with Crippen LogP contribution in [0.25, 0.3) is 0 Å². The zero-order chi connectivity index (χ0) is 22.3. The minimum atomic E-state index is -1.90. The van der Waals surface area contributed by atoms with Gasteiger partial charge in [0.25, 0.3) is 5.91 Å². The van der Waals surface area contributed by atoms with Gasteiger partial charge in [0.05, 0.1) is 12.7 Å². The number of hydrogen-bond donors (Lipinski definition) is 4. The highest BCUT2D eigenvalue weighted by Crippen LogP contribution is 2.30. The van der Waals surface area contributed by atoms with E-state index < -0.39 is 15.9 Å². The Hall–Kier alpha value is -2.26. The van der Waals surface area contributed by atoms with E-state index in [0.29, 0.717) is 17.1 Å². The summed E-state index contributed by atoms with van der Waals surface area (Å²) in [6, 6.07) is 13.4. The third-order valence-electron chi connectivity index (χ3n) is 3.69. The molecular formula is C19H19Cl3N4O3S. The first kappa shape index (κ1) is 24.0. The van der Waals surface area contributed by atoms with Crippen LogP contribution >= 0.6 is 47.0 Å². The van der Waals surface area contributed by atoms with Crippen molar-refractivity contribution in [1.82, 2.24) is 10.6 Å². The van der Waals surface area contributed by atoms with E-state index in [4.69, 9.17) is 51.8 Å². The normalized spacial score (nSPS) is 11.8. The molecule has 2 amide bonds. The molecule has 0 fully saturated rings. The number of methoxy groups -OCH3 is 1. The van der Waals surface area contributed by atoms with Gasteiger partial charge in [-0.15, -0.1) is 0 Å². The van der Waals surface area contributed by atoms with Crippen LogP contribution in [-0.4, -0.2) is 34.0 Å². The lowest BCUT2D eigenvalue weighted by molar-refractivity contribution is -0.114. The number of halogens is 3. The fourth-order valence-electron chi connectivity index (χ4n) is 2.38. The summed E-state index contributed by atoms with van der Waals surface area (Å²) in [5, 5.41) is 11.1. The van der Waals surface area contributed by atoms with Crippen molar-refractivity contribution < 1.29 is 14.3 Å². The zero-order valence-electron chi connectivity index (χ0n) is 16.0. The fraction of sp³-hybridized carbons (Fsp3) is 0.211. The minimum Gasteiger partial charge on any atom is -0.496 e. The van der Waals surface area contributed by atoms with Crippen LogP contribution in [0.1, 0.15) is 17.3 Å². The quantitative estimate of drug-likeness (QED) is 0.278. The molecule has 2 aromatic rings. The Morgan fingerprint density at radius 2 is 1.53 bits per heavy atom. The van der Waals surface area contributed by atoms with Gasteiger partial charge in [0, 0.05) is 18.3 Å². The molecule has 0 saturated heterocycles. The Morgan fingerprint density at radius 1 is 0.967 bits per heavy atom. The van der Waals surface area contributed by atoms with Crippen LogP contribution in [0, 0.1) is 0 Å². The molecule has 0 aromatic heterocycles. The minimum absolute atomic E-state index is 0.110. The molecule has 1 atom stereocenters. The predicted molar refractivity (Wildman–Crippen MR) is 125 cm³/mol. The highest BCUT2D eigenvalue weighted by atomic mass is 35.6. The van der Waals surface area contributed by atoms with Crippen LogP contribution in [0.3, 0.4) is 0 Å². The summed E-state index contributed by atoms with van der Waals surface area (Å²) in [7, 11) is 1.45. The Bertz CT molecular complexity index is 920. The number of nitrogens with one attached hydrogen (secondary N) is 4. The second kappa shape index (κ2) is 10.7. The average Bonchev–Trinajstić information content (AvgIpc) is 2.67. The number of amides is 2. The van der Waals surface area contributed by atoms with Crippen molar-refractivity contribution in [2.24, 2.45) is 0 Å². The number of carbonyl (C=O) groups excluding carboxylic acids is 2. The molecule has 0 spiro atoms. The van der Waals surface area contributed by atoms with Crippen LogP contribution in [0.5, 0.6) is 5.75 Å². The van der Waals surface area contributed by atoms with Crippen molar-refractivity contribution in [3.05, 3.63) is 54.1 Å². The maximum Gasteiger partial charge on any atom is 0.256 e. The van der Waals surface area contributed by atoms with Crippen LogP contribution in [-0.2, 0) is 4.79 Å². The molecule has 0 heterocycles. The van der Waals surface area contributed by atoms with E-state index in [1.807, 2.05) is 0 Å². The molecule has 2 aromatic carbocycles. The molecule has 0 unspecified atom stereocenters. The number of hydrogen-bond acceptors (Lipinski definition) is 4. The first-order valence-electron chi connectivity index (χ1n) is 8.56. The smallest absolute Gasteiger partial charge is 0.256 e. The number of rotatable bonds is 6. The van der Waals surface area contributed by atoms with E-state index in [0.717, 1.165) is 0 Å². The van der Waals surface area contributed by atoms with Crippen LogP contribution in [0.15, 0.2) is 48.5 Å². The molecule has 160 valence electrons. The third kappa shape index (κ3) is 7.21. The van der Waals surface area contributed by atoms with E-state index in [1.54, 1.807) is 48.5 Å². The average molecular weight is 490 g/mol. The van der Waals surface area contributed by atoms with Gasteiger partial charge in [0.15, 0.2) is 5.11 Å². The number of thiocarbonyl (C=S) groups is 1. The maximum absolute atomic E-state index is 12.6. The molecule has 2 rings (SSSR count).